The smallest absolute Gasteiger partial charge is 0.237 e. The van der Waals surface area contributed by atoms with Crippen molar-refractivity contribution in [3.8, 4) is 0 Å². The number of amides is 1. The molecule has 1 aromatic carbocycles. The van der Waals surface area contributed by atoms with E-state index < -0.39 is 5.41 Å². The van der Waals surface area contributed by atoms with Crippen molar-refractivity contribution >= 4 is 38.4 Å². The van der Waals surface area contributed by atoms with Crippen LogP contribution in [-0.2, 0) is 14.9 Å². The van der Waals surface area contributed by atoms with E-state index in [0.29, 0.717) is 22.8 Å². The van der Waals surface area contributed by atoms with E-state index in [1.165, 1.54) is 6.07 Å². The third kappa shape index (κ3) is 2.05. The largest absolute Gasteiger partial charge is 0.375 e. The van der Waals surface area contributed by atoms with E-state index in [9.17, 15) is 9.18 Å². The second kappa shape index (κ2) is 5.23. The molecule has 1 fully saturated rings. The number of carbonyl (C=O) groups excluding carboxylic acids is 1. The molecule has 0 bridgehead atoms. The molecule has 0 radical (unpaired) electrons. The van der Waals surface area contributed by atoms with Gasteiger partial charge in [-0.05, 0) is 48.7 Å². The van der Waals surface area contributed by atoms with Crippen LogP contribution in [0.2, 0.25) is 0 Å². The van der Waals surface area contributed by atoms with E-state index >= 15 is 0 Å². The van der Waals surface area contributed by atoms with Crippen LogP contribution in [-0.4, -0.2) is 30.1 Å². The first-order valence-corrected chi connectivity index (χ1v) is 8.84. The summed E-state index contributed by atoms with van der Waals surface area (Å²) in [6.07, 6.45) is 3.22. The van der Waals surface area contributed by atoms with E-state index in [1.54, 1.807) is 24.2 Å². The molecule has 4 nitrogen and oxygen atoms in total. The van der Waals surface area contributed by atoms with Gasteiger partial charge in [0.2, 0.25) is 5.91 Å². The lowest BCUT2D eigenvalue weighted by Crippen LogP contribution is -2.52. The average molecular weight is 393 g/mol. The van der Waals surface area contributed by atoms with Crippen molar-refractivity contribution in [2.24, 2.45) is 0 Å². The van der Waals surface area contributed by atoms with Gasteiger partial charge >= 0.3 is 0 Å². The predicted octanol–water partition coefficient (Wildman–Crippen LogP) is 3.94. The maximum absolute atomic E-state index is 13.9. The quantitative estimate of drug-likeness (QED) is 0.777. The molecule has 1 spiro atoms. The van der Waals surface area contributed by atoms with Gasteiger partial charge in [0.1, 0.15) is 5.82 Å². The maximum Gasteiger partial charge on any atom is 0.237 e. The second-order valence-corrected chi connectivity index (χ2v) is 7.82. The zero-order chi connectivity index (χ0) is 17.2. The fourth-order valence-corrected chi connectivity index (χ4v) is 4.39. The minimum atomic E-state index is -0.567. The monoisotopic (exact) mass is 392 g/mol. The van der Waals surface area contributed by atoms with E-state index in [-0.39, 0.29) is 23.9 Å². The maximum atomic E-state index is 13.9. The summed E-state index contributed by atoms with van der Waals surface area (Å²) in [5, 5.41) is 0.835. The number of aromatic nitrogens is 1. The molecular formula is C18H18BrFN2O2. The minimum absolute atomic E-state index is 0.0795. The lowest BCUT2D eigenvalue weighted by Gasteiger charge is -2.44. The molecule has 0 atom stereocenters. The Morgan fingerprint density at radius 1 is 1.42 bits per heavy atom. The van der Waals surface area contributed by atoms with Crippen LogP contribution in [0, 0.1) is 5.82 Å². The number of fused-ring (bicyclic) bond motifs is 4. The zero-order valence-electron chi connectivity index (χ0n) is 13.8. The number of hydrogen-bond acceptors (Lipinski definition) is 3. The van der Waals surface area contributed by atoms with E-state index in [1.807, 2.05) is 13.8 Å². The van der Waals surface area contributed by atoms with E-state index in [2.05, 4.69) is 20.9 Å². The number of anilines is 1. The third-order valence-electron chi connectivity index (χ3n) is 5.06. The summed E-state index contributed by atoms with van der Waals surface area (Å²) in [5.74, 6) is -0.271. The van der Waals surface area contributed by atoms with E-state index in [0.717, 1.165) is 16.6 Å². The molecule has 0 saturated heterocycles. The van der Waals surface area contributed by atoms with Crippen LogP contribution >= 0.6 is 15.9 Å². The highest BCUT2D eigenvalue weighted by Crippen LogP contribution is 2.56. The number of halogens is 2. The highest BCUT2D eigenvalue weighted by molar-refractivity contribution is 9.10. The summed E-state index contributed by atoms with van der Waals surface area (Å²) in [4.78, 5) is 19.0. The Morgan fingerprint density at radius 2 is 2.12 bits per heavy atom. The predicted molar refractivity (Wildman–Crippen MR) is 93.7 cm³/mol. The standard InChI is InChI=1S/C18H18BrFN2O2/c1-9(2)24-10-6-18(7-10)16-11-4-12(19)13(20)5-14(11)21-8-15(16)22(3)17(18)23/h4-5,8-10H,6-7H2,1-3H3. The molecule has 4 rings (SSSR count). The van der Waals surface area contributed by atoms with Crippen LogP contribution in [0.25, 0.3) is 10.9 Å². The van der Waals surface area contributed by atoms with Gasteiger partial charge in [-0.15, -0.1) is 0 Å². The Kier molecular flexibility index (Phi) is 3.48. The number of nitrogens with zero attached hydrogens (tertiary/aromatic N) is 2. The number of benzene rings is 1. The summed E-state index contributed by atoms with van der Waals surface area (Å²) >= 11 is 3.25. The zero-order valence-corrected chi connectivity index (χ0v) is 15.4. The number of rotatable bonds is 2. The number of carbonyl (C=O) groups is 1. The van der Waals surface area contributed by atoms with Gasteiger partial charge in [0, 0.05) is 24.1 Å². The molecule has 126 valence electrons. The molecule has 2 aromatic rings. The van der Waals surface area contributed by atoms with Gasteiger partial charge in [0.15, 0.2) is 0 Å². The molecule has 2 aliphatic rings. The van der Waals surface area contributed by atoms with Crippen molar-refractivity contribution < 1.29 is 13.9 Å². The number of pyridine rings is 1. The molecule has 2 heterocycles. The summed E-state index contributed by atoms with van der Waals surface area (Å²) in [7, 11) is 1.78. The van der Waals surface area contributed by atoms with Gasteiger partial charge in [-0.3, -0.25) is 9.78 Å². The summed E-state index contributed by atoms with van der Waals surface area (Å²) < 4.78 is 20.1. The highest BCUT2D eigenvalue weighted by atomic mass is 79.9. The lowest BCUT2D eigenvalue weighted by molar-refractivity contribution is -0.136. The van der Waals surface area contributed by atoms with Crippen molar-refractivity contribution in [3.05, 3.63) is 34.2 Å². The van der Waals surface area contributed by atoms with Gasteiger partial charge in [-0.1, -0.05) is 0 Å². The Balaban J connectivity index is 1.88. The van der Waals surface area contributed by atoms with Crippen LogP contribution in [0.3, 0.4) is 0 Å². The molecular weight excluding hydrogens is 375 g/mol. The van der Waals surface area contributed by atoms with E-state index in [4.69, 9.17) is 4.74 Å². The molecule has 1 aromatic heterocycles. The first kappa shape index (κ1) is 16.0. The number of ether oxygens (including phenoxy) is 1. The Labute approximate surface area is 148 Å². The summed E-state index contributed by atoms with van der Waals surface area (Å²) in [6, 6.07) is 3.15. The van der Waals surface area contributed by atoms with Crippen molar-refractivity contribution in [1.29, 1.82) is 0 Å². The molecule has 0 unspecified atom stereocenters. The lowest BCUT2D eigenvalue weighted by atomic mass is 9.62. The van der Waals surface area contributed by atoms with Crippen LogP contribution in [0.15, 0.2) is 22.8 Å². The number of hydrogen-bond donors (Lipinski definition) is 0. The summed E-state index contributed by atoms with van der Waals surface area (Å²) in [6.45, 7) is 4.00. The first-order valence-electron chi connectivity index (χ1n) is 8.05. The van der Waals surface area contributed by atoms with Gasteiger partial charge in [-0.2, -0.15) is 0 Å². The van der Waals surface area contributed by atoms with Gasteiger partial charge in [-0.25, -0.2) is 4.39 Å². The highest BCUT2D eigenvalue weighted by Gasteiger charge is 2.59. The topological polar surface area (TPSA) is 42.4 Å². The fraction of sp³-hybridized carbons (Fsp3) is 0.444. The van der Waals surface area contributed by atoms with Crippen LogP contribution in [0.1, 0.15) is 32.3 Å². The molecule has 24 heavy (non-hydrogen) atoms. The molecule has 1 saturated carbocycles. The molecule has 1 aliphatic heterocycles. The third-order valence-corrected chi connectivity index (χ3v) is 5.67. The Bertz CT molecular complexity index is 862. The van der Waals surface area contributed by atoms with Gasteiger partial charge in [0.25, 0.3) is 0 Å². The van der Waals surface area contributed by atoms with Crippen LogP contribution < -0.4 is 4.90 Å². The fourth-order valence-electron chi connectivity index (χ4n) is 4.05. The molecule has 0 N–H and O–H groups in total. The van der Waals surface area contributed by atoms with Crippen molar-refractivity contribution in [1.82, 2.24) is 4.98 Å². The van der Waals surface area contributed by atoms with Crippen LogP contribution in [0.4, 0.5) is 10.1 Å². The van der Waals surface area contributed by atoms with Crippen molar-refractivity contribution in [2.45, 2.75) is 44.3 Å². The second-order valence-electron chi connectivity index (χ2n) is 6.96. The van der Waals surface area contributed by atoms with Crippen LogP contribution in [0.5, 0.6) is 0 Å². The summed E-state index contributed by atoms with van der Waals surface area (Å²) in [5.41, 5.74) is 1.78. The first-order chi connectivity index (χ1) is 11.3. The molecule has 1 amide bonds. The minimum Gasteiger partial charge on any atom is -0.375 e. The Hall–Kier alpha value is -1.53. The van der Waals surface area contributed by atoms with Crippen molar-refractivity contribution in [3.63, 3.8) is 0 Å². The van der Waals surface area contributed by atoms with Gasteiger partial charge < -0.3 is 9.64 Å². The molecule has 6 heteroatoms. The normalized spacial score (nSPS) is 25.7. The van der Waals surface area contributed by atoms with Crippen molar-refractivity contribution in [2.75, 3.05) is 11.9 Å². The average Bonchev–Trinajstić information content (AvgIpc) is 2.70. The number of likely N-dealkylation sites (N-methyl/N-ethyl adjacent to an activating group) is 1. The molecule has 1 aliphatic carbocycles. The SMILES string of the molecule is CC(C)OC1CC2(C1)C(=O)N(C)c1cnc3cc(F)c(Br)cc3c12. The van der Waals surface area contributed by atoms with Gasteiger partial charge in [0.05, 0.1) is 39.5 Å². The Morgan fingerprint density at radius 3 is 2.79 bits per heavy atom.